The van der Waals surface area contributed by atoms with E-state index in [0.717, 1.165) is 70.6 Å². The van der Waals surface area contributed by atoms with E-state index in [2.05, 4.69) is 50.8 Å². The number of carbonyl (C=O) groups excluding carboxylic acids is 2. The lowest BCUT2D eigenvalue weighted by atomic mass is 10.0. The molecule has 5 aromatic rings. The molecule has 0 spiro atoms. The molecule has 3 aromatic carbocycles. The fourth-order valence-corrected chi connectivity index (χ4v) is 7.73. The monoisotopic (exact) mass is 616 g/mol. The summed E-state index contributed by atoms with van der Waals surface area (Å²) >= 11 is 0. The number of nitrogens with zero attached hydrogens (tertiary/aromatic N) is 4. The Morgan fingerprint density at radius 1 is 1.02 bits per heavy atom. The second-order valence-electron chi connectivity index (χ2n) is 13.4. The minimum atomic E-state index is -0.0391. The van der Waals surface area contributed by atoms with Crippen molar-refractivity contribution in [1.82, 2.24) is 24.3 Å². The van der Waals surface area contributed by atoms with Crippen LogP contribution in [0.4, 0.5) is 0 Å². The van der Waals surface area contributed by atoms with E-state index in [9.17, 15) is 9.59 Å². The van der Waals surface area contributed by atoms with Crippen LogP contribution in [0.5, 0.6) is 5.75 Å². The first-order chi connectivity index (χ1) is 22.3. The predicted octanol–water partition coefficient (Wildman–Crippen LogP) is 5.48. The number of nitrogens with one attached hydrogen (secondary N) is 1. The van der Waals surface area contributed by atoms with Gasteiger partial charge in [0.1, 0.15) is 11.3 Å². The average Bonchev–Trinajstić information content (AvgIpc) is 3.47. The van der Waals surface area contributed by atoms with Gasteiger partial charge in [-0.05, 0) is 84.5 Å². The highest BCUT2D eigenvalue weighted by Crippen LogP contribution is 2.41. The molecule has 3 atom stereocenters. The first-order valence-electron chi connectivity index (χ1n) is 16.4. The van der Waals surface area contributed by atoms with Gasteiger partial charge in [-0.25, -0.2) is 4.98 Å². The molecule has 9 heteroatoms. The molecule has 3 N–H and O–H groups in total. The number of nitrogens with two attached hydrogens (primary N) is 1. The standard InChI is InChI=1S/C37H40N6O3/c1-21(44)39-18-23-5-4-6-24(13-23)25-9-10-26-16-32(42(31(26)15-25)19-22-7-8-22)36-40-29-14-28(17-33(46-3)35(29)41(36)2)37(45)43-20-27-11-12-30(43)34(27)38/h4-6,9-10,13-17,22,27,30,34H,7-8,11-12,18-20,38H2,1-3H3,(H,39,44)/t27-,30-,34-/m1/s1. The van der Waals surface area contributed by atoms with Crippen molar-refractivity contribution >= 4 is 33.8 Å². The lowest BCUT2D eigenvalue weighted by Crippen LogP contribution is -2.41. The zero-order valence-electron chi connectivity index (χ0n) is 26.6. The maximum atomic E-state index is 13.7. The Hall–Kier alpha value is -4.63. The van der Waals surface area contributed by atoms with Gasteiger partial charge in [-0.2, -0.15) is 0 Å². The zero-order chi connectivity index (χ0) is 31.7. The second kappa shape index (κ2) is 11.0. The van der Waals surface area contributed by atoms with Crippen LogP contribution in [-0.4, -0.2) is 56.6 Å². The second-order valence-corrected chi connectivity index (χ2v) is 13.4. The largest absolute Gasteiger partial charge is 0.494 e. The van der Waals surface area contributed by atoms with Gasteiger partial charge in [0.2, 0.25) is 5.91 Å². The van der Waals surface area contributed by atoms with E-state index in [0.29, 0.717) is 29.7 Å². The summed E-state index contributed by atoms with van der Waals surface area (Å²) in [5, 5.41) is 4.05. The molecule has 2 aromatic heterocycles. The van der Waals surface area contributed by atoms with E-state index < -0.39 is 0 Å². The van der Waals surface area contributed by atoms with Crippen LogP contribution in [0.3, 0.4) is 0 Å². The van der Waals surface area contributed by atoms with Gasteiger partial charge < -0.3 is 29.8 Å². The summed E-state index contributed by atoms with van der Waals surface area (Å²) < 4.78 is 10.4. The number of imidazole rings is 1. The van der Waals surface area contributed by atoms with Crippen LogP contribution >= 0.6 is 0 Å². The summed E-state index contributed by atoms with van der Waals surface area (Å²) in [6, 6.07) is 21.2. The van der Waals surface area contributed by atoms with E-state index >= 15 is 0 Å². The highest BCUT2D eigenvalue weighted by molar-refractivity contribution is 6.00. The Morgan fingerprint density at radius 3 is 2.57 bits per heavy atom. The molecule has 2 amide bonds. The van der Waals surface area contributed by atoms with Gasteiger partial charge in [-0.1, -0.05) is 30.3 Å². The van der Waals surface area contributed by atoms with Crippen LogP contribution in [0.15, 0.2) is 60.7 Å². The third-order valence-corrected chi connectivity index (χ3v) is 10.4. The van der Waals surface area contributed by atoms with Crippen molar-refractivity contribution in [3.05, 3.63) is 71.8 Å². The number of rotatable bonds is 8. The number of hydrogen-bond donors (Lipinski definition) is 2. The summed E-state index contributed by atoms with van der Waals surface area (Å²) in [6.45, 7) is 3.69. The third-order valence-electron chi connectivity index (χ3n) is 10.4. The summed E-state index contributed by atoms with van der Waals surface area (Å²) in [7, 11) is 3.68. The fourth-order valence-electron chi connectivity index (χ4n) is 7.73. The summed E-state index contributed by atoms with van der Waals surface area (Å²) in [4.78, 5) is 32.4. The van der Waals surface area contributed by atoms with Crippen molar-refractivity contribution in [2.45, 2.75) is 57.8 Å². The van der Waals surface area contributed by atoms with Gasteiger partial charge >= 0.3 is 0 Å². The van der Waals surface area contributed by atoms with Gasteiger partial charge in [-0.3, -0.25) is 9.59 Å². The fraction of sp³-hybridized carbons (Fsp3) is 0.378. The number of carbonyl (C=O) groups is 2. The number of methoxy groups -OCH3 is 1. The topological polar surface area (TPSA) is 107 Å². The molecule has 236 valence electrons. The smallest absolute Gasteiger partial charge is 0.254 e. The van der Waals surface area contributed by atoms with Crippen molar-refractivity contribution < 1.29 is 14.3 Å². The Kier molecular flexibility index (Phi) is 6.90. The number of amides is 2. The van der Waals surface area contributed by atoms with Crippen LogP contribution in [0.25, 0.3) is 44.6 Å². The van der Waals surface area contributed by atoms with Gasteiger partial charge in [0.15, 0.2) is 5.82 Å². The molecular formula is C37H40N6O3. The van der Waals surface area contributed by atoms with Crippen LogP contribution in [-0.2, 0) is 24.9 Å². The number of aryl methyl sites for hydroxylation is 1. The highest BCUT2D eigenvalue weighted by Gasteiger charge is 2.47. The van der Waals surface area contributed by atoms with Gasteiger partial charge in [-0.15, -0.1) is 0 Å². The molecule has 3 aliphatic rings. The number of benzene rings is 3. The van der Waals surface area contributed by atoms with E-state index in [1.807, 2.05) is 36.2 Å². The van der Waals surface area contributed by atoms with Crippen LogP contribution in [0.1, 0.15) is 48.5 Å². The third kappa shape index (κ3) is 4.85. The first kappa shape index (κ1) is 28.8. The minimum absolute atomic E-state index is 0.00609. The Labute approximate surface area is 268 Å². The average molecular weight is 617 g/mol. The number of aromatic nitrogens is 3. The maximum absolute atomic E-state index is 13.7. The van der Waals surface area contributed by atoms with E-state index in [4.69, 9.17) is 15.5 Å². The van der Waals surface area contributed by atoms with Crippen LogP contribution < -0.4 is 15.8 Å². The number of likely N-dealkylation sites (tertiary alicyclic amines) is 1. The normalized spacial score (nSPS) is 20.6. The van der Waals surface area contributed by atoms with E-state index in [1.165, 1.54) is 25.3 Å². The first-order valence-corrected chi connectivity index (χ1v) is 16.4. The molecular weight excluding hydrogens is 576 g/mol. The van der Waals surface area contributed by atoms with Crippen molar-refractivity contribution in [2.75, 3.05) is 13.7 Å². The molecule has 1 saturated heterocycles. The number of piperidine rings is 1. The Balaban J connectivity index is 1.20. The zero-order valence-corrected chi connectivity index (χ0v) is 26.6. The lowest BCUT2D eigenvalue weighted by Gasteiger charge is -2.27. The highest BCUT2D eigenvalue weighted by atomic mass is 16.5. The molecule has 8 rings (SSSR count). The van der Waals surface area contributed by atoms with Gasteiger partial charge in [0, 0.05) is 62.2 Å². The summed E-state index contributed by atoms with van der Waals surface area (Å²) in [6.07, 6.45) is 4.53. The summed E-state index contributed by atoms with van der Waals surface area (Å²) in [5.74, 6) is 2.49. The van der Waals surface area contributed by atoms with Crippen molar-refractivity contribution in [2.24, 2.45) is 24.6 Å². The SMILES string of the molecule is COc1cc(C(=O)N2C[C@H]3CC[C@@H]2[C@@H]3N)cc2nc(-c3cc4ccc(-c5cccc(CNC(C)=O)c5)cc4n3CC3CC3)n(C)c12. The van der Waals surface area contributed by atoms with Gasteiger partial charge in [0.25, 0.3) is 5.91 Å². The van der Waals surface area contributed by atoms with Crippen molar-refractivity contribution in [3.63, 3.8) is 0 Å². The van der Waals surface area contributed by atoms with Crippen LogP contribution in [0, 0.1) is 11.8 Å². The van der Waals surface area contributed by atoms with Crippen LogP contribution in [0.2, 0.25) is 0 Å². The molecule has 3 fully saturated rings. The summed E-state index contributed by atoms with van der Waals surface area (Å²) in [5.41, 5.74) is 14.2. The van der Waals surface area contributed by atoms with E-state index in [1.54, 1.807) is 7.11 Å². The quantitative estimate of drug-likeness (QED) is 0.240. The molecule has 9 nitrogen and oxygen atoms in total. The van der Waals surface area contributed by atoms with Gasteiger partial charge in [0.05, 0.1) is 18.3 Å². The van der Waals surface area contributed by atoms with Crippen molar-refractivity contribution in [3.8, 4) is 28.4 Å². The number of ether oxygens (including phenoxy) is 1. The Morgan fingerprint density at radius 2 is 1.85 bits per heavy atom. The maximum Gasteiger partial charge on any atom is 0.254 e. The molecule has 2 saturated carbocycles. The molecule has 46 heavy (non-hydrogen) atoms. The minimum Gasteiger partial charge on any atom is -0.494 e. The lowest BCUT2D eigenvalue weighted by molar-refractivity contribution is -0.119. The number of hydrogen-bond acceptors (Lipinski definition) is 5. The van der Waals surface area contributed by atoms with E-state index in [-0.39, 0.29) is 23.9 Å². The molecule has 2 bridgehead atoms. The molecule has 0 unspecified atom stereocenters. The molecule has 3 heterocycles. The molecule has 1 aliphatic heterocycles. The molecule has 0 radical (unpaired) electrons. The number of fused-ring (bicyclic) bond motifs is 4. The Bertz CT molecular complexity index is 2020. The van der Waals surface area contributed by atoms with Crippen molar-refractivity contribution in [1.29, 1.82) is 0 Å². The molecule has 2 aliphatic carbocycles. The predicted molar refractivity (Wildman–Crippen MR) is 179 cm³/mol.